The van der Waals surface area contributed by atoms with Crippen molar-refractivity contribution in [2.24, 2.45) is 0 Å². The molecule has 9 heteroatoms. The molecule has 0 unspecified atom stereocenters. The highest BCUT2D eigenvalue weighted by Crippen LogP contribution is 2.20. The molecule has 0 atom stereocenters. The molecule has 0 aliphatic carbocycles. The Bertz CT molecular complexity index is 987. The van der Waals surface area contributed by atoms with Crippen LogP contribution in [0.1, 0.15) is 39.8 Å². The van der Waals surface area contributed by atoms with E-state index in [1.807, 2.05) is 6.92 Å². The Morgan fingerprint density at radius 2 is 1.93 bits per heavy atom. The van der Waals surface area contributed by atoms with Crippen molar-refractivity contribution in [2.45, 2.75) is 26.4 Å². The number of pyridine rings is 1. The van der Waals surface area contributed by atoms with Gasteiger partial charge in [-0.15, -0.1) is 0 Å². The lowest BCUT2D eigenvalue weighted by Gasteiger charge is -2.30. The van der Waals surface area contributed by atoms with Crippen LogP contribution in [-0.2, 0) is 17.8 Å². The Balaban J connectivity index is 1.74. The fourth-order valence-electron chi connectivity index (χ4n) is 3.21. The Morgan fingerprint density at radius 1 is 1.20 bits per heavy atom. The number of carbonyl (C=O) groups is 2. The van der Waals surface area contributed by atoms with Crippen LogP contribution < -0.4 is 10.7 Å². The van der Waals surface area contributed by atoms with Gasteiger partial charge in [-0.3, -0.25) is 14.4 Å². The maximum Gasteiger partial charge on any atom is 0.274 e. The van der Waals surface area contributed by atoms with E-state index in [9.17, 15) is 23.9 Å². The first kappa shape index (κ1) is 21.5. The predicted molar refractivity (Wildman–Crippen MR) is 107 cm³/mol. The van der Waals surface area contributed by atoms with Gasteiger partial charge in [0.1, 0.15) is 11.4 Å². The van der Waals surface area contributed by atoms with Crippen LogP contribution in [0.2, 0.25) is 0 Å². The van der Waals surface area contributed by atoms with Crippen molar-refractivity contribution in [3.8, 4) is 5.75 Å². The zero-order chi connectivity index (χ0) is 21.7. The second-order valence-electron chi connectivity index (χ2n) is 6.98. The molecule has 1 aromatic heterocycles. The number of benzene rings is 1. The standard InChI is InChI=1S/C21H24FN3O5/c1-2-10-30-11-9-24-7-8-25-13-16(18(26)19(27)17(25)21(24)29)20(28)23-12-14-3-5-15(22)6-4-14/h3-6,13,27H,2,7-12H2,1H3,(H,23,28). The monoisotopic (exact) mass is 417 g/mol. The molecule has 2 amide bonds. The fourth-order valence-corrected chi connectivity index (χ4v) is 3.21. The third-order valence-corrected chi connectivity index (χ3v) is 4.82. The van der Waals surface area contributed by atoms with Gasteiger partial charge in [0.05, 0.1) is 6.61 Å². The molecular formula is C21H24FN3O5. The first-order chi connectivity index (χ1) is 14.4. The van der Waals surface area contributed by atoms with Crippen molar-refractivity contribution in [2.75, 3.05) is 26.3 Å². The second-order valence-corrected chi connectivity index (χ2v) is 6.98. The molecule has 8 nitrogen and oxygen atoms in total. The molecule has 3 rings (SSSR count). The number of amides is 2. The molecule has 0 saturated carbocycles. The van der Waals surface area contributed by atoms with E-state index in [0.29, 0.717) is 38.4 Å². The number of ether oxygens (including phenoxy) is 1. The van der Waals surface area contributed by atoms with E-state index in [4.69, 9.17) is 4.74 Å². The maximum absolute atomic E-state index is 13.0. The lowest BCUT2D eigenvalue weighted by molar-refractivity contribution is 0.0582. The van der Waals surface area contributed by atoms with Crippen LogP contribution in [0.25, 0.3) is 0 Å². The summed E-state index contributed by atoms with van der Waals surface area (Å²) in [6.07, 6.45) is 2.17. The van der Waals surface area contributed by atoms with Crippen LogP contribution in [0, 0.1) is 5.82 Å². The zero-order valence-corrected chi connectivity index (χ0v) is 16.7. The smallest absolute Gasteiger partial charge is 0.274 e. The molecule has 1 aromatic carbocycles. The number of hydrogen-bond acceptors (Lipinski definition) is 5. The number of aromatic hydroxyl groups is 1. The highest BCUT2D eigenvalue weighted by Gasteiger charge is 2.30. The van der Waals surface area contributed by atoms with Crippen molar-refractivity contribution in [3.05, 3.63) is 63.3 Å². The molecule has 160 valence electrons. The van der Waals surface area contributed by atoms with Gasteiger partial charge in [-0.05, 0) is 24.1 Å². The van der Waals surface area contributed by atoms with Gasteiger partial charge in [0, 0.05) is 39.0 Å². The van der Waals surface area contributed by atoms with Crippen LogP contribution in [0.15, 0.2) is 35.3 Å². The zero-order valence-electron chi connectivity index (χ0n) is 16.7. The van der Waals surface area contributed by atoms with Gasteiger partial charge in [-0.25, -0.2) is 4.39 Å². The SMILES string of the molecule is CCCOCCN1CCn2cc(C(=O)NCc3ccc(F)cc3)c(=O)c(O)c2C1=O. The first-order valence-corrected chi connectivity index (χ1v) is 9.78. The quantitative estimate of drug-likeness (QED) is 0.634. The van der Waals surface area contributed by atoms with E-state index in [0.717, 1.165) is 6.42 Å². The molecule has 2 N–H and O–H groups in total. The largest absolute Gasteiger partial charge is 0.503 e. The van der Waals surface area contributed by atoms with E-state index in [-0.39, 0.29) is 17.8 Å². The molecular weight excluding hydrogens is 393 g/mol. The Labute approximate surface area is 172 Å². The van der Waals surface area contributed by atoms with Crippen molar-refractivity contribution >= 4 is 11.8 Å². The minimum absolute atomic E-state index is 0.0888. The lowest BCUT2D eigenvalue weighted by atomic mass is 10.1. The average molecular weight is 417 g/mol. The van der Waals surface area contributed by atoms with Crippen molar-refractivity contribution < 1.29 is 23.8 Å². The van der Waals surface area contributed by atoms with Crippen molar-refractivity contribution in [1.82, 2.24) is 14.8 Å². The van der Waals surface area contributed by atoms with Gasteiger partial charge in [-0.2, -0.15) is 0 Å². The van der Waals surface area contributed by atoms with Gasteiger partial charge in [-0.1, -0.05) is 19.1 Å². The molecule has 0 radical (unpaired) electrons. The van der Waals surface area contributed by atoms with Gasteiger partial charge >= 0.3 is 0 Å². The minimum Gasteiger partial charge on any atom is -0.503 e. The third kappa shape index (κ3) is 4.68. The second kappa shape index (κ2) is 9.53. The van der Waals surface area contributed by atoms with Crippen LogP contribution in [0.5, 0.6) is 5.75 Å². The maximum atomic E-state index is 13.0. The van der Waals surface area contributed by atoms with E-state index in [1.54, 1.807) is 0 Å². The Kier molecular flexibility index (Phi) is 6.83. The van der Waals surface area contributed by atoms with Crippen LogP contribution in [0.4, 0.5) is 4.39 Å². The summed E-state index contributed by atoms with van der Waals surface area (Å²) in [6, 6.07) is 5.58. The topological polar surface area (TPSA) is 101 Å². The molecule has 2 heterocycles. The van der Waals surface area contributed by atoms with E-state index in [1.165, 1.54) is 39.9 Å². The Hall–Kier alpha value is -3.20. The number of nitrogens with zero attached hydrogens (tertiary/aromatic N) is 2. The normalized spacial score (nSPS) is 13.3. The van der Waals surface area contributed by atoms with E-state index in [2.05, 4.69) is 5.32 Å². The molecule has 0 fully saturated rings. The number of nitrogens with one attached hydrogen (secondary N) is 1. The number of carbonyl (C=O) groups excluding carboxylic acids is 2. The minimum atomic E-state index is -0.907. The number of hydrogen-bond donors (Lipinski definition) is 2. The summed E-state index contributed by atoms with van der Waals surface area (Å²) < 4.78 is 19.8. The summed E-state index contributed by atoms with van der Waals surface area (Å²) in [6.45, 7) is 4.10. The van der Waals surface area contributed by atoms with Gasteiger partial charge in [0.2, 0.25) is 5.43 Å². The van der Waals surface area contributed by atoms with Crippen LogP contribution >= 0.6 is 0 Å². The number of aromatic nitrogens is 1. The highest BCUT2D eigenvalue weighted by atomic mass is 19.1. The number of fused-ring (bicyclic) bond motifs is 1. The molecule has 2 aromatic rings. The molecule has 30 heavy (non-hydrogen) atoms. The summed E-state index contributed by atoms with van der Waals surface area (Å²) in [4.78, 5) is 39.2. The Morgan fingerprint density at radius 3 is 2.63 bits per heavy atom. The van der Waals surface area contributed by atoms with Gasteiger partial charge < -0.3 is 24.6 Å². The first-order valence-electron chi connectivity index (χ1n) is 9.78. The van der Waals surface area contributed by atoms with E-state index >= 15 is 0 Å². The van der Waals surface area contributed by atoms with Crippen LogP contribution in [-0.4, -0.2) is 52.7 Å². The number of halogens is 1. The van der Waals surface area contributed by atoms with Crippen LogP contribution in [0.3, 0.4) is 0 Å². The summed E-state index contributed by atoms with van der Waals surface area (Å²) >= 11 is 0. The third-order valence-electron chi connectivity index (χ3n) is 4.82. The number of rotatable bonds is 8. The molecule has 0 bridgehead atoms. The van der Waals surface area contributed by atoms with E-state index < -0.39 is 28.8 Å². The van der Waals surface area contributed by atoms with Crippen molar-refractivity contribution in [3.63, 3.8) is 0 Å². The van der Waals surface area contributed by atoms with Crippen molar-refractivity contribution in [1.29, 1.82) is 0 Å². The molecule has 1 aliphatic heterocycles. The molecule has 0 saturated heterocycles. The predicted octanol–water partition coefficient (Wildman–Crippen LogP) is 1.51. The summed E-state index contributed by atoms with van der Waals surface area (Å²) in [5, 5.41) is 12.9. The van der Waals surface area contributed by atoms with Gasteiger partial charge in [0.15, 0.2) is 11.4 Å². The average Bonchev–Trinajstić information content (AvgIpc) is 2.74. The summed E-state index contributed by atoms with van der Waals surface area (Å²) in [5.41, 5.74) is -0.638. The van der Waals surface area contributed by atoms with Gasteiger partial charge in [0.25, 0.3) is 11.8 Å². The highest BCUT2D eigenvalue weighted by molar-refractivity contribution is 5.99. The molecule has 1 aliphatic rings. The summed E-state index contributed by atoms with van der Waals surface area (Å²) in [5.74, 6) is -2.29. The molecule has 0 spiro atoms. The lowest BCUT2D eigenvalue weighted by Crippen LogP contribution is -2.44. The summed E-state index contributed by atoms with van der Waals surface area (Å²) in [7, 11) is 0. The fraction of sp³-hybridized carbons (Fsp3) is 0.381.